The van der Waals surface area contributed by atoms with Gasteiger partial charge in [-0.05, 0) is 40.9 Å². The Kier molecular flexibility index (Phi) is 3.61. The highest BCUT2D eigenvalue weighted by atomic mass is 79.9. The molecule has 0 aliphatic carbocycles. The van der Waals surface area contributed by atoms with E-state index in [0.717, 1.165) is 17.3 Å². The monoisotopic (exact) mass is 283 g/mol. The summed E-state index contributed by atoms with van der Waals surface area (Å²) in [7, 11) is 0. The first-order valence-corrected chi connectivity index (χ1v) is 6.15. The summed E-state index contributed by atoms with van der Waals surface area (Å²) in [6.07, 6.45) is 1.59. The molecular weight excluding hydrogens is 270 g/mol. The molecule has 1 aliphatic rings. The molecular formula is C12H14BrNO2. The Morgan fingerprint density at radius 2 is 2.06 bits per heavy atom. The van der Waals surface area contributed by atoms with E-state index in [2.05, 4.69) is 15.9 Å². The van der Waals surface area contributed by atoms with Crippen molar-refractivity contribution in [3.63, 3.8) is 0 Å². The van der Waals surface area contributed by atoms with Gasteiger partial charge < -0.3 is 10.5 Å². The summed E-state index contributed by atoms with van der Waals surface area (Å²) in [6.45, 7) is 1.34. The van der Waals surface area contributed by atoms with Gasteiger partial charge in [-0.1, -0.05) is 6.07 Å². The molecule has 2 N–H and O–H groups in total. The van der Waals surface area contributed by atoms with E-state index in [1.165, 1.54) is 0 Å². The molecule has 1 aliphatic heterocycles. The molecule has 16 heavy (non-hydrogen) atoms. The molecule has 1 aromatic carbocycles. The van der Waals surface area contributed by atoms with E-state index in [9.17, 15) is 4.79 Å². The largest absolute Gasteiger partial charge is 0.397 e. The standard InChI is InChI=1S/C12H14BrNO2/c13-10-3-1-2-9(11(10)14)12(15)8-4-6-16-7-5-8/h1-3,8H,4-7,14H2. The van der Waals surface area contributed by atoms with Gasteiger partial charge in [-0.25, -0.2) is 0 Å². The second-order valence-corrected chi connectivity index (χ2v) is 4.81. The number of rotatable bonds is 2. The number of halogens is 1. The van der Waals surface area contributed by atoms with E-state index in [1.807, 2.05) is 12.1 Å². The van der Waals surface area contributed by atoms with Crippen LogP contribution in [0.25, 0.3) is 0 Å². The average molecular weight is 284 g/mol. The van der Waals surface area contributed by atoms with Crippen LogP contribution in [-0.2, 0) is 4.74 Å². The first-order valence-electron chi connectivity index (χ1n) is 5.36. The molecule has 1 aromatic rings. The summed E-state index contributed by atoms with van der Waals surface area (Å²) in [5.41, 5.74) is 7.06. The Morgan fingerprint density at radius 1 is 1.38 bits per heavy atom. The number of nitrogens with two attached hydrogens (primary N) is 1. The van der Waals surface area contributed by atoms with Crippen molar-refractivity contribution in [1.82, 2.24) is 0 Å². The van der Waals surface area contributed by atoms with Gasteiger partial charge >= 0.3 is 0 Å². The second kappa shape index (κ2) is 4.97. The lowest BCUT2D eigenvalue weighted by molar-refractivity contribution is 0.0545. The summed E-state index contributed by atoms with van der Waals surface area (Å²) in [5, 5.41) is 0. The van der Waals surface area contributed by atoms with Gasteiger partial charge in [0.05, 0.1) is 5.69 Å². The van der Waals surface area contributed by atoms with Crippen LogP contribution in [0.3, 0.4) is 0 Å². The molecule has 0 atom stereocenters. The number of nitrogen functional groups attached to an aromatic ring is 1. The Labute approximate surface area is 103 Å². The fourth-order valence-corrected chi connectivity index (χ4v) is 2.30. The van der Waals surface area contributed by atoms with Crippen molar-refractivity contribution in [3.05, 3.63) is 28.2 Å². The minimum atomic E-state index is 0.0605. The van der Waals surface area contributed by atoms with Crippen LogP contribution in [-0.4, -0.2) is 19.0 Å². The lowest BCUT2D eigenvalue weighted by Crippen LogP contribution is -2.24. The van der Waals surface area contributed by atoms with Gasteiger partial charge in [-0.3, -0.25) is 4.79 Å². The van der Waals surface area contributed by atoms with Gasteiger partial charge in [-0.2, -0.15) is 0 Å². The quantitative estimate of drug-likeness (QED) is 0.671. The molecule has 0 spiro atoms. The van der Waals surface area contributed by atoms with E-state index in [-0.39, 0.29) is 11.7 Å². The van der Waals surface area contributed by atoms with Gasteiger partial charge in [-0.15, -0.1) is 0 Å². The van der Waals surface area contributed by atoms with E-state index < -0.39 is 0 Å². The van der Waals surface area contributed by atoms with Crippen LogP contribution in [0.1, 0.15) is 23.2 Å². The number of ketones is 1. The van der Waals surface area contributed by atoms with Gasteiger partial charge in [0.15, 0.2) is 5.78 Å². The molecule has 0 saturated carbocycles. The molecule has 1 saturated heterocycles. The molecule has 4 heteroatoms. The maximum absolute atomic E-state index is 12.2. The third-order valence-electron chi connectivity index (χ3n) is 2.91. The van der Waals surface area contributed by atoms with Crippen molar-refractivity contribution in [2.24, 2.45) is 5.92 Å². The van der Waals surface area contributed by atoms with E-state index >= 15 is 0 Å². The topological polar surface area (TPSA) is 52.3 Å². The number of ether oxygens (including phenoxy) is 1. The van der Waals surface area contributed by atoms with Gasteiger partial charge in [0.2, 0.25) is 0 Å². The van der Waals surface area contributed by atoms with Crippen LogP contribution in [0, 0.1) is 5.92 Å². The summed E-state index contributed by atoms with van der Waals surface area (Å²) in [6, 6.07) is 5.47. The summed E-state index contributed by atoms with van der Waals surface area (Å²) in [5.74, 6) is 0.201. The zero-order valence-electron chi connectivity index (χ0n) is 8.91. The molecule has 0 aromatic heterocycles. The SMILES string of the molecule is Nc1c(Br)cccc1C(=O)C1CCOCC1. The van der Waals surface area contributed by atoms with Crippen LogP contribution in [0.15, 0.2) is 22.7 Å². The Hall–Kier alpha value is -0.870. The zero-order valence-corrected chi connectivity index (χ0v) is 10.5. The smallest absolute Gasteiger partial charge is 0.168 e. The first-order chi connectivity index (χ1) is 7.70. The highest BCUT2D eigenvalue weighted by Crippen LogP contribution is 2.28. The molecule has 0 radical (unpaired) electrons. The summed E-state index contributed by atoms with van der Waals surface area (Å²) < 4.78 is 6.03. The average Bonchev–Trinajstić information content (AvgIpc) is 2.33. The lowest BCUT2D eigenvalue weighted by atomic mass is 9.90. The maximum atomic E-state index is 12.2. The van der Waals surface area contributed by atoms with Gasteiger partial charge in [0.25, 0.3) is 0 Å². The number of Topliss-reactive ketones (excluding diaryl/α,β-unsaturated/α-hetero) is 1. The van der Waals surface area contributed by atoms with Crippen LogP contribution < -0.4 is 5.73 Å². The van der Waals surface area contributed by atoms with Gasteiger partial charge in [0.1, 0.15) is 0 Å². The molecule has 1 heterocycles. The van der Waals surface area contributed by atoms with E-state index in [0.29, 0.717) is 24.5 Å². The van der Waals surface area contributed by atoms with Crippen molar-refractivity contribution in [2.75, 3.05) is 18.9 Å². The van der Waals surface area contributed by atoms with Crippen LogP contribution in [0.2, 0.25) is 0 Å². The number of carbonyl (C=O) groups is 1. The molecule has 2 rings (SSSR count). The Balaban J connectivity index is 2.22. The molecule has 0 bridgehead atoms. The number of benzene rings is 1. The first kappa shape index (κ1) is 11.6. The Bertz CT molecular complexity index is 400. The van der Waals surface area contributed by atoms with Crippen molar-refractivity contribution in [1.29, 1.82) is 0 Å². The van der Waals surface area contributed by atoms with Crippen molar-refractivity contribution >= 4 is 27.4 Å². The third-order valence-corrected chi connectivity index (χ3v) is 3.60. The normalized spacial score (nSPS) is 17.3. The predicted molar refractivity (Wildman–Crippen MR) is 66.4 cm³/mol. The molecule has 0 unspecified atom stereocenters. The minimum Gasteiger partial charge on any atom is -0.397 e. The van der Waals surface area contributed by atoms with Crippen LogP contribution in [0.4, 0.5) is 5.69 Å². The molecule has 86 valence electrons. The van der Waals surface area contributed by atoms with Crippen LogP contribution in [0.5, 0.6) is 0 Å². The van der Waals surface area contributed by atoms with E-state index in [1.54, 1.807) is 6.07 Å². The number of anilines is 1. The fourth-order valence-electron chi connectivity index (χ4n) is 1.93. The maximum Gasteiger partial charge on any atom is 0.168 e. The van der Waals surface area contributed by atoms with Crippen molar-refractivity contribution in [2.45, 2.75) is 12.8 Å². The summed E-state index contributed by atoms with van der Waals surface area (Å²) >= 11 is 3.34. The minimum absolute atomic E-state index is 0.0605. The highest BCUT2D eigenvalue weighted by Gasteiger charge is 2.24. The predicted octanol–water partition coefficient (Wildman–Crippen LogP) is 2.64. The second-order valence-electron chi connectivity index (χ2n) is 3.95. The Morgan fingerprint density at radius 3 is 2.75 bits per heavy atom. The molecule has 1 fully saturated rings. The number of para-hydroxylation sites is 1. The lowest BCUT2D eigenvalue weighted by Gasteiger charge is -2.21. The van der Waals surface area contributed by atoms with Crippen LogP contribution >= 0.6 is 15.9 Å². The zero-order chi connectivity index (χ0) is 11.5. The number of hydrogen-bond acceptors (Lipinski definition) is 3. The highest BCUT2D eigenvalue weighted by molar-refractivity contribution is 9.10. The van der Waals surface area contributed by atoms with Crippen molar-refractivity contribution < 1.29 is 9.53 Å². The third kappa shape index (κ3) is 2.28. The fraction of sp³-hybridized carbons (Fsp3) is 0.417. The molecule has 0 amide bonds. The van der Waals surface area contributed by atoms with Gasteiger partial charge in [0, 0.05) is 29.2 Å². The van der Waals surface area contributed by atoms with Crippen molar-refractivity contribution in [3.8, 4) is 0 Å². The molecule has 3 nitrogen and oxygen atoms in total. The summed E-state index contributed by atoms with van der Waals surface area (Å²) in [4.78, 5) is 12.2. The number of carbonyl (C=O) groups excluding carboxylic acids is 1. The van der Waals surface area contributed by atoms with E-state index in [4.69, 9.17) is 10.5 Å². The number of hydrogen-bond donors (Lipinski definition) is 1.